The average Bonchev–Trinajstić information content (AvgIpc) is 2.82. The fourth-order valence-electron chi connectivity index (χ4n) is 2.56. The van der Waals surface area contributed by atoms with E-state index < -0.39 is 5.60 Å². The van der Waals surface area contributed by atoms with Gasteiger partial charge in [-0.3, -0.25) is 0 Å². The number of rotatable bonds is 5. The molecule has 0 radical (unpaired) electrons. The van der Waals surface area contributed by atoms with Crippen molar-refractivity contribution in [2.45, 2.75) is 63.5 Å². The van der Waals surface area contributed by atoms with E-state index in [4.69, 9.17) is 0 Å². The maximum absolute atomic E-state index is 10.2. The average molecular weight is 197 g/mol. The van der Waals surface area contributed by atoms with E-state index in [0.29, 0.717) is 6.04 Å². The van der Waals surface area contributed by atoms with Crippen molar-refractivity contribution in [3.63, 3.8) is 0 Å². The summed E-state index contributed by atoms with van der Waals surface area (Å²) in [6.45, 7) is 2.77. The zero-order valence-electron chi connectivity index (χ0n) is 9.26. The lowest BCUT2D eigenvalue weighted by Crippen LogP contribution is -2.40. The van der Waals surface area contributed by atoms with Crippen molar-refractivity contribution in [3.05, 3.63) is 0 Å². The van der Waals surface area contributed by atoms with Crippen LogP contribution < -0.4 is 5.32 Å². The van der Waals surface area contributed by atoms with Crippen LogP contribution in [0.15, 0.2) is 0 Å². The zero-order chi connectivity index (χ0) is 10.0. The van der Waals surface area contributed by atoms with Crippen LogP contribution in [0.5, 0.6) is 0 Å². The van der Waals surface area contributed by atoms with E-state index >= 15 is 0 Å². The Bertz CT molecular complexity index is 181. The van der Waals surface area contributed by atoms with Gasteiger partial charge in [0.15, 0.2) is 0 Å². The lowest BCUT2D eigenvalue weighted by atomic mass is 9.91. The molecule has 82 valence electrons. The Hall–Kier alpha value is -0.0800. The molecule has 2 N–H and O–H groups in total. The van der Waals surface area contributed by atoms with E-state index in [-0.39, 0.29) is 0 Å². The highest BCUT2D eigenvalue weighted by molar-refractivity contribution is 4.87. The molecule has 0 heterocycles. The van der Waals surface area contributed by atoms with Crippen molar-refractivity contribution in [2.75, 3.05) is 6.54 Å². The summed E-state index contributed by atoms with van der Waals surface area (Å²) < 4.78 is 0. The third-order valence-corrected chi connectivity index (χ3v) is 3.55. The summed E-state index contributed by atoms with van der Waals surface area (Å²) in [6.07, 6.45) is 9.01. The van der Waals surface area contributed by atoms with Crippen molar-refractivity contribution in [1.82, 2.24) is 5.32 Å². The Morgan fingerprint density at radius 3 is 2.43 bits per heavy atom. The van der Waals surface area contributed by atoms with Gasteiger partial charge in [0.2, 0.25) is 0 Å². The highest BCUT2D eigenvalue weighted by atomic mass is 16.3. The first-order chi connectivity index (χ1) is 6.66. The molecule has 0 aromatic heterocycles. The molecule has 1 atom stereocenters. The molecule has 14 heavy (non-hydrogen) atoms. The molecule has 2 heteroatoms. The van der Waals surface area contributed by atoms with Crippen LogP contribution >= 0.6 is 0 Å². The molecule has 0 saturated heterocycles. The van der Waals surface area contributed by atoms with Crippen LogP contribution in [0, 0.1) is 5.92 Å². The number of hydrogen-bond acceptors (Lipinski definition) is 2. The molecule has 0 bridgehead atoms. The van der Waals surface area contributed by atoms with Gasteiger partial charge in [-0.1, -0.05) is 25.7 Å². The number of hydrogen-bond donors (Lipinski definition) is 2. The summed E-state index contributed by atoms with van der Waals surface area (Å²) in [5, 5.41) is 13.6. The van der Waals surface area contributed by atoms with Crippen LogP contribution in [0.3, 0.4) is 0 Å². The second kappa shape index (κ2) is 4.19. The predicted molar refractivity (Wildman–Crippen MR) is 58.2 cm³/mol. The quantitative estimate of drug-likeness (QED) is 0.707. The minimum absolute atomic E-state index is 0.475. The highest BCUT2D eigenvalue weighted by Gasteiger charge is 2.29. The first-order valence-electron chi connectivity index (χ1n) is 6.11. The summed E-state index contributed by atoms with van der Waals surface area (Å²) in [5.41, 5.74) is -0.475. The maximum Gasteiger partial charge on any atom is 0.0746 e. The van der Waals surface area contributed by atoms with Crippen molar-refractivity contribution >= 4 is 0 Å². The smallest absolute Gasteiger partial charge is 0.0746 e. The van der Waals surface area contributed by atoms with Crippen molar-refractivity contribution in [3.8, 4) is 0 Å². The highest BCUT2D eigenvalue weighted by Crippen LogP contribution is 2.32. The van der Waals surface area contributed by atoms with Gasteiger partial charge in [0.05, 0.1) is 5.60 Å². The Morgan fingerprint density at radius 1 is 1.21 bits per heavy atom. The maximum atomic E-state index is 10.2. The Balaban J connectivity index is 1.69. The number of nitrogens with one attached hydrogen (secondary N) is 1. The summed E-state index contributed by atoms with van der Waals surface area (Å²) >= 11 is 0. The molecule has 1 unspecified atom stereocenters. The number of aliphatic hydroxyl groups is 1. The van der Waals surface area contributed by atoms with Gasteiger partial charge >= 0.3 is 0 Å². The van der Waals surface area contributed by atoms with Crippen molar-refractivity contribution < 1.29 is 5.11 Å². The Kier molecular flexibility index (Phi) is 3.13. The van der Waals surface area contributed by atoms with Crippen LogP contribution in [0.2, 0.25) is 0 Å². The molecule has 2 fully saturated rings. The van der Waals surface area contributed by atoms with Gasteiger partial charge < -0.3 is 10.4 Å². The fraction of sp³-hybridized carbons (Fsp3) is 1.00. The van der Waals surface area contributed by atoms with Gasteiger partial charge in [0.25, 0.3) is 0 Å². The predicted octanol–water partition coefficient (Wildman–Crippen LogP) is 2.07. The standard InChI is InChI=1S/C12H23NO/c1-12(14,9-13-11-6-7-11)8-10-4-2-3-5-10/h10-11,13-14H,2-9H2,1H3. The van der Waals surface area contributed by atoms with Gasteiger partial charge in [-0.2, -0.15) is 0 Å². The van der Waals surface area contributed by atoms with E-state index in [1.807, 2.05) is 6.92 Å². The molecule has 0 spiro atoms. The summed E-state index contributed by atoms with van der Waals surface area (Å²) in [6, 6.07) is 0.713. The van der Waals surface area contributed by atoms with Crippen LogP contribution in [-0.4, -0.2) is 23.3 Å². The summed E-state index contributed by atoms with van der Waals surface area (Å²) in [7, 11) is 0. The summed E-state index contributed by atoms with van der Waals surface area (Å²) in [5.74, 6) is 0.783. The van der Waals surface area contributed by atoms with E-state index in [1.165, 1.54) is 38.5 Å². The van der Waals surface area contributed by atoms with Crippen LogP contribution in [0.4, 0.5) is 0 Å². The first kappa shape index (κ1) is 10.4. The molecule has 2 rings (SSSR count). The van der Waals surface area contributed by atoms with Gasteiger partial charge in [-0.05, 0) is 32.1 Å². The molecule has 2 nitrogen and oxygen atoms in total. The van der Waals surface area contributed by atoms with Crippen LogP contribution in [-0.2, 0) is 0 Å². The zero-order valence-corrected chi connectivity index (χ0v) is 9.26. The molecule has 2 aliphatic carbocycles. The van der Waals surface area contributed by atoms with E-state index in [1.54, 1.807) is 0 Å². The van der Waals surface area contributed by atoms with E-state index in [2.05, 4.69) is 5.32 Å². The SMILES string of the molecule is CC(O)(CNC1CC1)CC1CCCC1. The molecule has 2 saturated carbocycles. The van der Waals surface area contributed by atoms with Gasteiger partial charge in [-0.25, -0.2) is 0 Å². The molecular weight excluding hydrogens is 174 g/mol. The molecule has 0 aliphatic heterocycles. The molecule has 2 aliphatic rings. The third-order valence-electron chi connectivity index (χ3n) is 3.55. The minimum atomic E-state index is -0.475. The Morgan fingerprint density at radius 2 is 1.86 bits per heavy atom. The second-order valence-electron chi connectivity index (χ2n) is 5.51. The molecule has 0 aromatic carbocycles. The second-order valence-corrected chi connectivity index (χ2v) is 5.51. The van der Waals surface area contributed by atoms with Gasteiger partial charge in [0.1, 0.15) is 0 Å². The summed E-state index contributed by atoms with van der Waals surface area (Å²) in [4.78, 5) is 0. The molecular formula is C12H23NO. The lowest BCUT2D eigenvalue weighted by molar-refractivity contribution is 0.0344. The fourth-order valence-corrected chi connectivity index (χ4v) is 2.56. The molecule has 0 amide bonds. The van der Waals surface area contributed by atoms with Crippen LogP contribution in [0.25, 0.3) is 0 Å². The van der Waals surface area contributed by atoms with E-state index in [9.17, 15) is 5.11 Å². The van der Waals surface area contributed by atoms with Crippen molar-refractivity contribution in [2.24, 2.45) is 5.92 Å². The minimum Gasteiger partial charge on any atom is -0.389 e. The first-order valence-corrected chi connectivity index (χ1v) is 6.11. The third kappa shape index (κ3) is 3.25. The van der Waals surface area contributed by atoms with Crippen molar-refractivity contribution in [1.29, 1.82) is 0 Å². The van der Waals surface area contributed by atoms with E-state index in [0.717, 1.165) is 18.9 Å². The monoisotopic (exact) mass is 197 g/mol. The van der Waals surface area contributed by atoms with Crippen LogP contribution in [0.1, 0.15) is 51.9 Å². The van der Waals surface area contributed by atoms with Gasteiger partial charge in [0, 0.05) is 12.6 Å². The Labute approximate surface area is 87.1 Å². The normalized spacial score (nSPS) is 27.9. The topological polar surface area (TPSA) is 32.3 Å². The lowest BCUT2D eigenvalue weighted by Gasteiger charge is -2.27. The largest absolute Gasteiger partial charge is 0.389 e. The molecule has 0 aromatic rings. The van der Waals surface area contributed by atoms with Gasteiger partial charge in [-0.15, -0.1) is 0 Å².